The minimum Gasteiger partial charge on any atom is -0.467 e. The molecule has 0 fully saturated rings. The Hall–Kier alpha value is -4.06. The van der Waals surface area contributed by atoms with E-state index in [1.54, 1.807) is 31.2 Å². The maximum atomic E-state index is 13.6. The molecule has 3 aromatic rings. The van der Waals surface area contributed by atoms with E-state index in [0.29, 0.717) is 11.5 Å². The van der Waals surface area contributed by atoms with Crippen molar-refractivity contribution in [1.29, 1.82) is 0 Å². The number of benzene rings is 1. The first-order valence-corrected chi connectivity index (χ1v) is 13.8. The van der Waals surface area contributed by atoms with Gasteiger partial charge in [0.15, 0.2) is 6.04 Å². The molecule has 11 nitrogen and oxygen atoms in total. The third kappa shape index (κ3) is 5.91. The Morgan fingerprint density at radius 2 is 1.85 bits per heavy atom. The molecule has 2 atom stereocenters. The van der Waals surface area contributed by atoms with E-state index in [1.165, 1.54) is 23.6 Å². The highest BCUT2D eigenvalue weighted by Crippen LogP contribution is 2.27. The van der Waals surface area contributed by atoms with Crippen molar-refractivity contribution in [1.82, 2.24) is 24.2 Å². The number of methoxy groups -OCH3 is 1. The smallest absolute Gasteiger partial charge is 0.349 e. The van der Waals surface area contributed by atoms with Gasteiger partial charge in [-0.25, -0.2) is 33.3 Å². The zero-order valence-electron chi connectivity index (χ0n) is 23.2. The number of hydrogen-bond donors (Lipinski definition) is 2. The van der Waals surface area contributed by atoms with Gasteiger partial charge in [0, 0.05) is 22.9 Å². The minimum absolute atomic E-state index is 0.00694. The number of nitrogens with one attached hydrogen (secondary N) is 1. The first-order chi connectivity index (χ1) is 18.9. The van der Waals surface area contributed by atoms with E-state index in [9.17, 15) is 19.2 Å². The number of fused-ring (bicyclic) bond motifs is 1. The number of esters is 1. The van der Waals surface area contributed by atoms with Gasteiger partial charge in [-0.3, -0.25) is 4.79 Å². The molecule has 3 heterocycles. The van der Waals surface area contributed by atoms with Crippen molar-refractivity contribution in [3.63, 3.8) is 0 Å². The molecule has 1 aromatic carbocycles. The van der Waals surface area contributed by atoms with Crippen LogP contribution >= 0.6 is 11.8 Å². The Kier molecular flexibility index (Phi) is 8.38. The van der Waals surface area contributed by atoms with E-state index in [0.717, 1.165) is 25.3 Å². The summed E-state index contributed by atoms with van der Waals surface area (Å²) in [5, 5.41) is 2.80. The molecule has 0 spiro atoms. The van der Waals surface area contributed by atoms with Gasteiger partial charge in [0.05, 0.1) is 13.7 Å². The minimum atomic E-state index is -1.19. The van der Waals surface area contributed by atoms with E-state index < -0.39 is 35.3 Å². The summed E-state index contributed by atoms with van der Waals surface area (Å²) in [7, 11) is 1.21. The van der Waals surface area contributed by atoms with Crippen LogP contribution in [0.5, 0.6) is 0 Å². The number of ether oxygens (including phenoxy) is 1. The second-order valence-corrected chi connectivity index (χ2v) is 11.7. The number of hydrogen-bond acceptors (Lipinski definition) is 8. The van der Waals surface area contributed by atoms with Gasteiger partial charge in [0.25, 0.3) is 0 Å². The van der Waals surface area contributed by atoms with Crippen LogP contribution in [0.2, 0.25) is 0 Å². The monoisotopic (exact) mass is 566 g/mol. The third-order valence-electron chi connectivity index (χ3n) is 6.80. The topological polar surface area (TPSA) is 143 Å². The number of carbonyl (C=O) groups is 2. The van der Waals surface area contributed by atoms with Gasteiger partial charge in [-0.2, -0.15) is 0 Å². The Morgan fingerprint density at radius 3 is 2.48 bits per heavy atom. The van der Waals surface area contributed by atoms with Gasteiger partial charge in [-0.15, -0.1) is 11.8 Å². The number of aromatic nitrogens is 4. The van der Waals surface area contributed by atoms with Crippen LogP contribution in [0, 0.1) is 6.92 Å². The highest BCUT2D eigenvalue weighted by Gasteiger charge is 2.34. The zero-order chi connectivity index (χ0) is 29.2. The number of allylic oxidation sites excluding steroid dienone is 1. The fourth-order valence-corrected chi connectivity index (χ4v) is 5.44. The summed E-state index contributed by atoms with van der Waals surface area (Å²) in [4.78, 5) is 58.0. The molecule has 0 saturated heterocycles. The summed E-state index contributed by atoms with van der Waals surface area (Å²) < 4.78 is 8.10. The van der Waals surface area contributed by atoms with Gasteiger partial charge < -0.3 is 15.8 Å². The van der Waals surface area contributed by atoms with E-state index in [4.69, 9.17) is 10.5 Å². The molecule has 0 radical (unpaired) electrons. The lowest BCUT2D eigenvalue weighted by Crippen LogP contribution is -2.41. The molecule has 2 aromatic heterocycles. The highest BCUT2D eigenvalue weighted by molar-refractivity contribution is 7.99. The van der Waals surface area contributed by atoms with Gasteiger partial charge in [0.2, 0.25) is 5.91 Å². The van der Waals surface area contributed by atoms with Gasteiger partial charge in [0.1, 0.15) is 11.9 Å². The molecule has 1 aliphatic rings. The summed E-state index contributed by atoms with van der Waals surface area (Å²) >= 11 is 1.34. The van der Waals surface area contributed by atoms with E-state index in [1.807, 2.05) is 24.3 Å². The lowest BCUT2D eigenvalue weighted by molar-refractivity contribution is -0.144. The van der Waals surface area contributed by atoms with Crippen molar-refractivity contribution < 1.29 is 14.3 Å². The van der Waals surface area contributed by atoms with Crippen molar-refractivity contribution in [3.8, 4) is 0 Å². The fourth-order valence-electron chi connectivity index (χ4n) is 4.48. The Labute approximate surface area is 236 Å². The molecule has 1 amide bonds. The maximum absolute atomic E-state index is 13.6. The van der Waals surface area contributed by atoms with Crippen LogP contribution in [0.3, 0.4) is 0 Å². The lowest BCUT2D eigenvalue weighted by atomic mass is 9.87. The average molecular weight is 567 g/mol. The molecule has 212 valence electrons. The highest BCUT2D eigenvalue weighted by atomic mass is 32.2. The molecule has 12 heteroatoms. The van der Waals surface area contributed by atoms with E-state index in [-0.39, 0.29) is 24.3 Å². The van der Waals surface area contributed by atoms with Crippen molar-refractivity contribution >= 4 is 29.5 Å². The number of aryl methyl sites for hydroxylation is 1. The standard InChI is InChI=1S/C28H34N6O5S/c1-17-18(8-13-23(29)31-17)15-30-24(35)21-7-6-14-32-26(37)33(27(38)34(21)32)22(25(36)39-5)16-40-20-11-9-19(10-12-20)28(2,3)4/h6-13,21-22H,14-16H2,1-5H3,(H2,29,31)(H,30,35). The van der Waals surface area contributed by atoms with Gasteiger partial charge in [-0.05, 0) is 41.7 Å². The predicted octanol–water partition coefficient (Wildman–Crippen LogP) is 2.33. The summed E-state index contributed by atoms with van der Waals surface area (Å²) in [6, 6.07) is 9.08. The van der Waals surface area contributed by atoms with Crippen LogP contribution in [0.1, 0.15) is 49.7 Å². The zero-order valence-corrected chi connectivity index (χ0v) is 24.0. The van der Waals surface area contributed by atoms with Crippen molar-refractivity contribution in [3.05, 3.63) is 86.3 Å². The molecule has 0 saturated carbocycles. The van der Waals surface area contributed by atoms with Gasteiger partial charge in [-0.1, -0.05) is 51.1 Å². The van der Waals surface area contributed by atoms with Crippen LogP contribution in [-0.2, 0) is 32.8 Å². The number of thioether (sulfide) groups is 1. The molecule has 4 rings (SSSR count). The quantitative estimate of drug-likeness (QED) is 0.240. The SMILES string of the molecule is COC(=O)C(CSc1ccc(C(C)(C)C)cc1)n1c(=O)n2n(c1=O)C(C(=O)NCc1ccc(N)nc1C)C=CC2. The van der Waals surface area contributed by atoms with E-state index >= 15 is 0 Å². The Bertz CT molecular complexity index is 1560. The fraction of sp³-hybridized carbons (Fsp3) is 0.393. The Balaban J connectivity index is 1.59. The van der Waals surface area contributed by atoms with Crippen LogP contribution in [0.15, 0.2) is 63.0 Å². The van der Waals surface area contributed by atoms with Crippen LogP contribution < -0.4 is 22.4 Å². The van der Waals surface area contributed by atoms with Crippen molar-refractivity contribution in [2.45, 2.75) is 63.2 Å². The summed E-state index contributed by atoms with van der Waals surface area (Å²) in [5.41, 5.74) is 6.84. The molecule has 0 bridgehead atoms. The normalized spacial score (nSPS) is 15.4. The Morgan fingerprint density at radius 1 is 1.15 bits per heavy atom. The van der Waals surface area contributed by atoms with E-state index in [2.05, 4.69) is 31.1 Å². The van der Waals surface area contributed by atoms with Crippen LogP contribution in [0.4, 0.5) is 5.82 Å². The molecule has 3 N–H and O–H groups in total. The first-order valence-electron chi connectivity index (χ1n) is 12.8. The van der Waals surface area contributed by atoms with Gasteiger partial charge >= 0.3 is 17.3 Å². The summed E-state index contributed by atoms with van der Waals surface area (Å²) in [6.45, 7) is 8.39. The number of rotatable bonds is 8. The largest absolute Gasteiger partial charge is 0.467 e. The molecular weight excluding hydrogens is 532 g/mol. The van der Waals surface area contributed by atoms with Crippen LogP contribution in [-0.4, -0.2) is 43.7 Å². The van der Waals surface area contributed by atoms with Crippen molar-refractivity contribution in [2.24, 2.45) is 0 Å². The molecular formula is C28H34N6O5S. The number of nitrogens with two attached hydrogens (primary N) is 1. The van der Waals surface area contributed by atoms with Crippen LogP contribution in [0.25, 0.3) is 0 Å². The maximum Gasteiger partial charge on any atom is 0.349 e. The second kappa shape index (κ2) is 11.6. The third-order valence-corrected chi connectivity index (χ3v) is 7.89. The first kappa shape index (κ1) is 28.9. The lowest BCUT2D eigenvalue weighted by Gasteiger charge is -2.20. The molecule has 2 unspecified atom stereocenters. The number of pyridine rings is 1. The molecule has 1 aliphatic heterocycles. The second-order valence-electron chi connectivity index (χ2n) is 10.6. The number of nitrogen functional groups attached to an aromatic ring is 1. The molecule has 40 heavy (non-hydrogen) atoms. The molecule has 0 aliphatic carbocycles. The number of nitrogens with zero attached hydrogens (tertiary/aromatic N) is 4. The number of carbonyl (C=O) groups excluding carboxylic acids is 2. The average Bonchev–Trinajstić information content (AvgIpc) is 3.17. The number of anilines is 1. The predicted molar refractivity (Wildman–Crippen MR) is 153 cm³/mol. The number of amides is 1. The summed E-state index contributed by atoms with van der Waals surface area (Å²) in [6.07, 6.45) is 3.21. The summed E-state index contributed by atoms with van der Waals surface area (Å²) in [5.74, 6) is -0.737. The van der Waals surface area contributed by atoms with Crippen molar-refractivity contribution in [2.75, 3.05) is 18.6 Å².